The van der Waals surface area contributed by atoms with Crippen LogP contribution in [0.2, 0.25) is 0 Å². The Kier molecular flexibility index (Phi) is 6.59. The molecule has 9 heteroatoms. The second-order valence-corrected chi connectivity index (χ2v) is 9.56. The summed E-state index contributed by atoms with van der Waals surface area (Å²) in [5.41, 5.74) is -0.966. The number of nitro groups is 1. The van der Waals surface area contributed by atoms with Gasteiger partial charge in [-0.1, -0.05) is 12.1 Å². The zero-order valence-corrected chi connectivity index (χ0v) is 16.6. The van der Waals surface area contributed by atoms with Crippen LogP contribution in [0.5, 0.6) is 0 Å². The van der Waals surface area contributed by atoms with Gasteiger partial charge in [-0.15, -0.1) is 0 Å². The molecule has 8 nitrogen and oxygen atoms in total. The molecule has 150 valence electrons. The maximum absolute atomic E-state index is 12.4. The molecule has 0 amide bonds. The molecule has 0 spiro atoms. The summed E-state index contributed by atoms with van der Waals surface area (Å²) < 4.78 is 32.8. The lowest BCUT2D eigenvalue weighted by Crippen LogP contribution is -2.34. The van der Waals surface area contributed by atoms with Gasteiger partial charge in [-0.3, -0.25) is 14.9 Å². The number of nitrogens with one attached hydrogen (secondary N) is 1. The van der Waals surface area contributed by atoms with Crippen molar-refractivity contribution in [2.45, 2.75) is 57.0 Å². The van der Waals surface area contributed by atoms with E-state index in [1.165, 1.54) is 24.3 Å². The van der Waals surface area contributed by atoms with Crippen LogP contribution in [0.3, 0.4) is 0 Å². The smallest absolute Gasteiger partial charge is 0.309 e. The molecular formula is C18H26N2O6S. The molecule has 0 aromatic heterocycles. The Morgan fingerprint density at radius 3 is 2.37 bits per heavy atom. The van der Waals surface area contributed by atoms with Crippen LogP contribution in [-0.2, 0) is 19.6 Å². The largest absolute Gasteiger partial charge is 0.460 e. The molecule has 0 bridgehead atoms. The van der Waals surface area contributed by atoms with Gasteiger partial charge in [-0.25, -0.2) is 13.1 Å². The normalized spacial score (nSPS) is 20.9. The topological polar surface area (TPSA) is 116 Å². The van der Waals surface area contributed by atoms with Crippen molar-refractivity contribution in [3.05, 3.63) is 34.4 Å². The SMILES string of the molecule is CC(C)(C)OC(=O)C1CCC(CNS(=O)(=O)c2ccccc2[N+](=O)[O-])CC1. The number of ether oxygens (including phenoxy) is 1. The van der Waals surface area contributed by atoms with E-state index in [0.29, 0.717) is 25.7 Å². The lowest BCUT2D eigenvalue weighted by Gasteiger charge is -2.29. The van der Waals surface area contributed by atoms with E-state index in [1.54, 1.807) is 0 Å². The van der Waals surface area contributed by atoms with E-state index < -0.39 is 26.2 Å². The van der Waals surface area contributed by atoms with Crippen molar-refractivity contribution < 1.29 is 22.9 Å². The van der Waals surface area contributed by atoms with Crippen LogP contribution in [0.4, 0.5) is 5.69 Å². The molecule has 2 rings (SSSR count). The molecule has 0 atom stereocenters. The van der Waals surface area contributed by atoms with Crippen LogP contribution in [0.1, 0.15) is 46.5 Å². The van der Waals surface area contributed by atoms with Gasteiger partial charge in [0.2, 0.25) is 10.0 Å². The van der Waals surface area contributed by atoms with Gasteiger partial charge in [-0.05, 0) is 58.4 Å². The molecule has 0 unspecified atom stereocenters. The Morgan fingerprint density at radius 2 is 1.81 bits per heavy atom. The van der Waals surface area contributed by atoms with E-state index >= 15 is 0 Å². The van der Waals surface area contributed by atoms with E-state index in [1.807, 2.05) is 20.8 Å². The summed E-state index contributed by atoms with van der Waals surface area (Å²) >= 11 is 0. The zero-order chi connectivity index (χ0) is 20.2. The predicted molar refractivity (Wildman–Crippen MR) is 99.6 cm³/mol. The van der Waals surface area contributed by atoms with Crippen molar-refractivity contribution in [1.82, 2.24) is 4.72 Å². The fraction of sp³-hybridized carbons (Fsp3) is 0.611. The van der Waals surface area contributed by atoms with Gasteiger partial charge in [-0.2, -0.15) is 0 Å². The highest BCUT2D eigenvalue weighted by Crippen LogP contribution is 2.31. The van der Waals surface area contributed by atoms with Gasteiger partial charge in [0.15, 0.2) is 4.90 Å². The molecule has 1 aliphatic rings. The molecule has 0 radical (unpaired) electrons. The first-order chi connectivity index (χ1) is 12.5. The maximum atomic E-state index is 12.4. The van der Waals surface area contributed by atoms with Crippen LogP contribution in [0, 0.1) is 22.0 Å². The van der Waals surface area contributed by atoms with Crippen molar-refractivity contribution in [1.29, 1.82) is 0 Å². The minimum absolute atomic E-state index is 0.0845. The number of esters is 1. The summed E-state index contributed by atoms with van der Waals surface area (Å²) in [6.07, 6.45) is 2.69. The van der Waals surface area contributed by atoms with Crippen LogP contribution >= 0.6 is 0 Å². The van der Waals surface area contributed by atoms with Crippen LogP contribution in [-0.4, -0.2) is 31.5 Å². The number of nitrogens with zero attached hydrogens (tertiary/aromatic N) is 1. The molecule has 1 aromatic carbocycles. The first kappa shape index (κ1) is 21.3. The van der Waals surface area contributed by atoms with E-state index in [9.17, 15) is 23.3 Å². The van der Waals surface area contributed by atoms with Crippen LogP contribution < -0.4 is 4.72 Å². The van der Waals surface area contributed by atoms with E-state index in [-0.39, 0.29) is 29.2 Å². The number of hydrogen-bond acceptors (Lipinski definition) is 6. The monoisotopic (exact) mass is 398 g/mol. The number of nitro benzene ring substituents is 1. The lowest BCUT2D eigenvalue weighted by atomic mass is 9.82. The molecule has 27 heavy (non-hydrogen) atoms. The number of carbonyl (C=O) groups is 1. The number of carbonyl (C=O) groups excluding carboxylic acids is 1. The molecule has 1 aliphatic carbocycles. The molecule has 1 fully saturated rings. The van der Waals surface area contributed by atoms with Crippen molar-refractivity contribution in [3.63, 3.8) is 0 Å². The third-order valence-corrected chi connectivity index (χ3v) is 5.97. The van der Waals surface area contributed by atoms with E-state index in [0.717, 1.165) is 0 Å². The summed E-state index contributed by atoms with van der Waals surface area (Å²) in [5.74, 6) is -0.282. The number of hydrogen-bond donors (Lipinski definition) is 1. The van der Waals surface area contributed by atoms with Gasteiger partial charge in [0, 0.05) is 12.6 Å². The van der Waals surface area contributed by atoms with Crippen LogP contribution in [0.15, 0.2) is 29.2 Å². The van der Waals surface area contributed by atoms with Crippen molar-refractivity contribution in [2.75, 3.05) is 6.54 Å². The quantitative estimate of drug-likeness (QED) is 0.447. The van der Waals surface area contributed by atoms with E-state index in [2.05, 4.69) is 4.72 Å². The molecule has 0 saturated heterocycles. The van der Waals surface area contributed by atoms with Crippen molar-refractivity contribution in [3.8, 4) is 0 Å². The fourth-order valence-electron chi connectivity index (χ4n) is 3.13. The average Bonchev–Trinajstić information content (AvgIpc) is 2.59. The van der Waals surface area contributed by atoms with Crippen LogP contribution in [0.25, 0.3) is 0 Å². The Labute approximate surface area is 159 Å². The van der Waals surface area contributed by atoms with Crippen molar-refractivity contribution >= 4 is 21.7 Å². The minimum atomic E-state index is -3.97. The first-order valence-electron chi connectivity index (χ1n) is 8.95. The fourth-order valence-corrected chi connectivity index (χ4v) is 4.41. The van der Waals surface area contributed by atoms with E-state index in [4.69, 9.17) is 4.74 Å². The second kappa shape index (κ2) is 8.35. The lowest BCUT2D eigenvalue weighted by molar-refractivity contribution is -0.387. The minimum Gasteiger partial charge on any atom is -0.460 e. The highest BCUT2D eigenvalue weighted by molar-refractivity contribution is 7.89. The molecule has 1 saturated carbocycles. The number of para-hydroxylation sites is 1. The molecular weight excluding hydrogens is 372 g/mol. The number of sulfonamides is 1. The Hall–Kier alpha value is -2.00. The van der Waals surface area contributed by atoms with Gasteiger partial charge in [0.05, 0.1) is 10.8 Å². The van der Waals surface area contributed by atoms with Gasteiger partial charge in [0.25, 0.3) is 5.69 Å². The summed E-state index contributed by atoms with van der Waals surface area (Å²) in [7, 11) is -3.97. The number of rotatable bonds is 6. The first-order valence-corrected chi connectivity index (χ1v) is 10.4. The van der Waals surface area contributed by atoms with Gasteiger partial charge >= 0.3 is 5.97 Å². The highest BCUT2D eigenvalue weighted by Gasteiger charge is 2.31. The van der Waals surface area contributed by atoms with Gasteiger partial charge < -0.3 is 4.74 Å². The summed E-state index contributed by atoms with van der Waals surface area (Å²) in [6, 6.07) is 5.27. The summed E-state index contributed by atoms with van der Waals surface area (Å²) in [4.78, 5) is 22.1. The summed E-state index contributed by atoms with van der Waals surface area (Å²) in [6.45, 7) is 5.67. The second-order valence-electron chi connectivity index (χ2n) is 7.83. The standard InChI is InChI=1S/C18H26N2O6S/c1-18(2,3)26-17(21)14-10-8-13(9-11-14)12-19-27(24,25)16-7-5-4-6-15(16)20(22)23/h4-7,13-14,19H,8-12H2,1-3H3. The average molecular weight is 398 g/mol. The van der Waals surface area contributed by atoms with Gasteiger partial charge in [0.1, 0.15) is 5.60 Å². The Balaban J connectivity index is 1.91. The molecule has 0 aliphatic heterocycles. The zero-order valence-electron chi connectivity index (χ0n) is 15.8. The molecule has 0 heterocycles. The molecule has 1 N–H and O–H groups in total. The highest BCUT2D eigenvalue weighted by atomic mass is 32.2. The predicted octanol–water partition coefficient (Wildman–Crippen LogP) is 3.02. The van der Waals surface area contributed by atoms with Crippen molar-refractivity contribution in [2.24, 2.45) is 11.8 Å². The third-order valence-electron chi connectivity index (χ3n) is 4.50. The number of benzene rings is 1. The Bertz CT molecular complexity index is 792. The Morgan fingerprint density at radius 1 is 1.22 bits per heavy atom. The maximum Gasteiger partial charge on any atom is 0.309 e. The summed E-state index contributed by atoms with van der Waals surface area (Å²) in [5, 5.41) is 11.0. The third kappa shape index (κ3) is 6.00. The molecule has 1 aromatic rings.